The Morgan fingerprint density at radius 1 is 0.880 bits per heavy atom. The van der Waals surface area contributed by atoms with Crippen LogP contribution in [0.15, 0.2) is 24.3 Å². The molecule has 0 spiro atoms. The molecule has 6 nitrogen and oxygen atoms in total. The molecule has 0 radical (unpaired) electrons. The van der Waals surface area contributed by atoms with E-state index in [0.717, 1.165) is 31.9 Å². The third kappa shape index (κ3) is 4.48. The van der Waals surface area contributed by atoms with Crippen LogP contribution in [0.2, 0.25) is 0 Å². The van der Waals surface area contributed by atoms with Gasteiger partial charge in [0.25, 0.3) is 0 Å². The van der Waals surface area contributed by atoms with Crippen LogP contribution >= 0.6 is 0 Å². The van der Waals surface area contributed by atoms with Crippen molar-refractivity contribution in [3.8, 4) is 0 Å². The van der Waals surface area contributed by atoms with Gasteiger partial charge in [-0.3, -0.25) is 14.5 Å². The fraction of sp³-hybridized carbons (Fsp3) is 0.556. The molecular weight excluding hydrogens is 323 g/mol. The first-order valence-electron chi connectivity index (χ1n) is 8.79. The van der Waals surface area contributed by atoms with Crippen molar-refractivity contribution >= 4 is 17.5 Å². The van der Waals surface area contributed by atoms with Crippen LogP contribution in [-0.4, -0.2) is 85.4 Å². The van der Waals surface area contributed by atoms with Crippen molar-refractivity contribution in [3.05, 3.63) is 30.1 Å². The number of benzene rings is 1. The Labute approximate surface area is 147 Å². The monoisotopic (exact) mass is 348 g/mol. The molecule has 3 rings (SSSR count). The van der Waals surface area contributed by atoms with Gasteiger partial charge in [-0.05, 0) is 24.3 Å². The molecule has 1 aromatic carbocycles. The molecule has 0 saturated carbocycles. The summed E-state index contributed by atoms with van der Waals surface area (Å²) in [6.07, 6.45) is 0. The molecule has 2 aliphatic rings. The maximum Gasteiger partial charge on any atom is 0.236 e. The van der Waals surface area contributed by atoms with Crippen LogP contribution in [0.1, 0.15) is 6.92 Å². The predicted octanol–water partition coefficient (Wildman–Crippen LogP) is 0.638. The van der Waals surface area contributed by atoms with Crippen LogP contribution in [0.25, 0.3) is 0 Å². The third-order valence-corrected chi connectivity index (χ3v) is 5.00. The lowest BCUT2D eigenvalue weighted by Crippen LogP contribution is -2.54. The summed E-state index contributed by atoms with van der Waals surface area (Å²) in [5.74, 6) is -0.0136. The summed E-state index contributed by atoms with van der Waals surface area (Å²) in [5, 5.41) is 0. The van der Waals surface area contributed by atoms with Crippen LogP contribution in [-0.2, 0) is 9.59 Å². The van der Waals surface area contributed by atoms with Crippen molar-refractivity contribution in [1.29, 1.82) is 0 Å². The highest BCUT2D eigenvalue weighted by molar-refractivity contribution is 5.79. The summed E-state index contributed by atoms with van der Waals surface area (Å²) < 4.78 is 13.0. The molecule has 2 amide bonds. The Morgan fingerprint density at radius 2 is 1.44 bits per heavy atom. The van der Waals surface area contributed by atoms with Crippen molar-refractivity contribution in [1.82, 2.24) is 14.7 Å². The zero-order chi connectivity index (χ0) is 17.8. The molecule has 0 aromatic heterocycles. The van der Waals surface area contributed by atoms with Crippen molar-refractivity contribution in [3.63, 3.8) is 0 Å². The number of hydrogen-bond acceptors (Lipinski definition) is 4. The predicted molar refractivity (Wildman–Crippen MR) is 93.9 cm³/mol. The van der Waals surface area contributed by atoms with E-state index in [4.69, 9.17) is 0 Å². The second-order valence-electron chi connectivity index (χ2n) is 6.63. The van der Waals surface area contributed by atoms with Crippen molar-refractivity contribution in [2.75, 3.05) is 63.8 Å². The topological polar surface area (TPSA) is 47.1 Å². The van der Waals surface area contributed by atoms with E-state index in [-0.39, 0.29) is 17.6 Å². The first kappa shape index (κ1) is 17.7. The van der Waals surface area contributed by atoms with Gasteiger partial charge in [0.1, 0.15) is 5.82 Å². The van der Waals surface area contributed by atoms with E-state index in [1.807, 2.05) is 4.90 Å². The van der Waals surface area contributed by atoms with Gasteiger partial charge in [0.05, 0.1) is 6.54 Å². The third-order valence-electron chi connectivity index (χ3n) is 5.00. The van der Waals surface area contributed by atoms with Crippen LogP contribution < -0.4 is 4.90 Å². The molecule has 1 aromatic rings. The van der Waals surface area contributed by atoms with Crippen LogP contribution in [0.4, 0.5) is 10.1 Å². The first-order chi connectivity index (χ1) is 12.0. The van der Waals surface area contributed by atoms with E-state index in [0.29, 0.717) is 32.7 Å². The summed E-state index contributed by atoms with van der Waals surface area (Å²) in [7, 11) is 0. The lowest BCUT2D eigenvalue weighted by Gasteiger charge is -2.38. The van der Waals surface area contributed by atoms with E-state index in [9.17, 15) is 14.0 Å². The van der Waals surface area contributed by atoms with E-state index in [1.54, 1.807) is 24.0 Å². The number of anilines is 1. The lowest BCUT2D eigenvalue weighted by atomic mass is 10.2. The zero-order valence-corrected chi connectivity index (χ0v) is 14.7. The van der Waals surface area contributed by atoms with Crippen molar-refractivity contribution < 1.29 is 14.0 Å². The van der Waals surface area contributed by atoms with Gasteiger partial charge in [0.15, 0.2) is 0 Å². The fourth-order valence-corrected chi connectivity index (χ4v) is 3.38. The molecule has 2 heterocycles. The minimum atomic E-state index is -0.224. The minimum Gasteiger partial charge on any atom is -0.369 e. The number of rotatable bonds is 3. The molecule has 0 bridgehead atoms. The zero-order valence-electron chi connectivity index (χ0n) is 14.7. The molecule has 0 aliphatic carbocycles. The van der Waals surface area contributed by atoms with Crippen molar-refractivity contribution in [2.24, 2.45) is 0 Å². The van der Waals surface area contributed by atoms with E-state index >= 15 is 0 Å². The van der Waals surface area contributed by atoms with Crippen LogP contribution in [0.3, 0.4) is 0 Å². The van der Waals surface area contributed by atoms with E-state index < -0.39 is 0 Å². The highest BCUT2D eigenvalue weighted by atomic mass is 19.1. The largest absolute Gasteiger partial charge is 0.369 e. The quantitative estimate of drug-likeness (QED) is 0.804. The van der Waals surface area contributed by atoms with E-state index in [1.165, 1.54) is 12.1 Å². The van der Waals surface area contributed by atoms with Gasteiger partial charge < -0.3 is 14.7 Å². The Morgan fingerprint density at radius 3 is 2.00 bits per heavy atom. The maximum atomic E-state index is 13.0. The number of carbonyl (C=O) groups excluding carboxylic acids is 2. The summed E-state index contributed by atoms with van der Waals surface area (Å²) >= 11 is 0. The Bertz CT molecular complexity index is 606. The summed E-state index contributed by atoms with van der Waals surface area (Å²) in [6, 6.07) is 6.55. The first-order valence-corrected chi connectivity index (χ1v) is 8.79. The van der Waals surface area contributed by atoms with Crippen LogP contribution in [0.5, 0.6) is 0 Å². The average molecular weight is 348 g/mol. The lowest BCUT2D eigenvalue weighted by molar-refractivity contribution is -0.139. The van der Waals surface area contributed by atoms with Gasteiger partial charge >= 0.3 is 0 Å². The summed E-state index contributed by atoms with van der Waals surface area (Å²) in [4.78, 5) is 31.8. The Balaban J connectivity index is 1.43. The fourth-order valence-electron chi connectivity index (χ4n) is 3.38. The van der Waals surface area contributed by atoms with Gasteiger partial charge in [-0.15, -0.1) is 0 Å². The second-order valence-corrected chi connectivity index (χ2v) is 6.63. The van der Waals surface area contributed by atoms with Gasteiger partial charge in [-0.1, -0.05) is 0 Å². The molecule has 2 fully saturated rings. The molecule has 2 saturated heterocycles. The Kier molecular flexibility index (Phi) is 5.53. The Hall–Kier alpha value is -2.15. The maximum absolute atomic E-state index is 13.0. The summed E-state index contributed by atoms with van der Waals surface area (Å²) in [5.41, 5.74) is 1.02. The SMILES string of the molecule is CC(=O)N1CCN(C(=O)CN2CCN(c3ccc(F)cc3)CC2)CC1. The average Bonchev–Trinajstić information content (AvgIpc) is 2.63. The number of nitrogens with zero attached hydrogens (tertiary/aromatic N) is 4. The van der Waals surface area contributed by atoms with Gasteiger partial charge in [-0.2, -0.15) is 0 Å². The molecule has 2 aliphatic heterocycles. The molecule has 7 heteroatoms. The van der Waals surface area contributed by atoms with Crippen molar-refractivity contribution in [2.45, 2.75) is 6.92 Å². The highest BCUT2D eigenvalue weighted by Gasteiger charge is 2.25. The number of carbonyl (C=O) groups is 2. The molecule has 136 valence electrons. The minimum absolute atomic E-state index is 0.0732. The van der Waals surface area contributed by atoms with Gasteiger partial charge in [-0.25, -0.2) is 4.39 Å². The smallest absolute Gasteiger partial charge is 0.236 e. The number of hydrogen-bond donors (Lipinski definition) is 0. The standard InChI is InChI=1S/C18H25FN4O2/c1-15(24)21-10-12-23(13-11-21)18(25)14-20-6-8-22(9-7-20)17-4-2-16(19)3-5-17/h2-5H,6-14H2,1H3. The number of halogens is 1. The highest BCUT2D eigenvalue weighted by Crippen LogP contribution is 2.17. The number of piperazine rings is 2. The van der Waals surface area contributed by atoms with E-state index in [2.05, 4.69) is 9.80 Å². The van der Waals surface area contributed by atoms with Gasteiger partial charge in [0.2, 0.25) is 11.8 Å². The summed E-state index contributed by atoms with van der Waals surface area (Å²) in [6.45, 7) is 7.78. The molecule has 0 N–H and O–H groups in total. The van der Waals surface area contributed by atoms with Gasteiger partial charge in [0, 0.05) is 65.0 Å². The number of amides is 2. The second kappa shape index (κ2) is 7.82. The molecular formula is C18H25FN4O2. The van der Waals surface area contributed by atoms with Crippen LogP contribution in [0, 0.1) is 5.82 Å². The normalized spacial score (nSPS) is 19.2. The molecule has 0 unspecified atom stereocenters. The molecule has 0 atom stereocenters. The molecule has 25 heavy (non-hydrogen) atoms.